The molecule has 1 heterocycles. The second-order valence-corrected chi connectivity index (χ2v) is 4.47. The number of likely N-dealkylation sites (tertiary alicyclic amines) is 1. The number of rotatable bonds is 5. The first-order chi connectivity index (χ1) is 8.25. The zero-order valence-corrected chi connectivity index (χ0v) is 10.1. The van der Waals surface area contributed by atoms with Crippen LogP contribution >= 0.6 is 0 Å². The number of ether oxygens (including phenoxy) is 1. The number of hydrogen-bond acceptors (Lipinski definition) is 4. The van der Waals surface area contributed by atoms with Gasteiger partial charge in [0.15, 0.2) is 0 Å². The van der Waals surface area contributed by atoms with Gasteiger partial charge in [0, 0.05) is 12.6 Å². The summed E-state index contributed by atoms with van der Waals surface area (Å²) in [6, 6.07) is 5.00. The van der Waals surface area contributed by atoms with E-state index >= 15 is 0 Å². The monoisotopic (exact) mass is 236 g/mol. The van der Waals surface area contributed by atoms with Gasteiger partial charge in [0.1, 0.15) is 11.5 Å². The van der Waals surface area contributed by atoms with Crippen LogP contribution in [0.3, 0.4) is 0 Å². The van der Waals surface area contributed by atoms with E-state index in [1.807, 2.05) is 0 Å². The molecule has 0 radical (unpaired) electrons. The zero-order chi connectivity index (χ0) is 12.1. The molecule has 0 unspecified atom stereocenters. The lowest BCUT2D eigenvalue weighted by atomic mass is 10.3. The number of nitrogen functional groups attached to an aromatic ring is 1. The molecular weight excluding hydrogens is 216 g/mol. The highest BCUT2D eigenvalue weighted by atomic mass is 16.5. The van der Waals surface area contributed by atoms with E-state index in [-0.39, 0.29) is 5.75 Å². The van der Waals surface area contributed by atoms with Crippen LogP contribution in [0.25, 0.3) is 0 Å². The summed E-state index contributed by atoms with van der Waals surface area (Å²) in [5.74, 6) is 0.764. The summed E-state index contributed by atoms with van der Waals surface area (Å²) in [6.45, 7) is 4.23. The van der Waals surface area contributed by atoms with Crippen molar-refractivity contribution in [3.63, 3.8) is 0 Å². The zero-order valence-electron chi connectivity index (χ0n) is 10.1. The van der Waals surface area contributed by atoms with Crippen molar-refractivity contribution < 1.29 is 9.84 Å². The molecule has 94 valence electrons. The van der Waals surface area contributed by atoms with E-state index < -0.39 is 0 Å². The quantitative estimate of drug-likeness (QED) is 0.465. The molecule has 1 saturated heterocycles. The van der Waals surface area contributed by atoms with Gasteiger partial charge in [-0.25, -0.2) is 0 Å². The van der Waals surface area contributed by atoms with Crippen molar-refractivity contribution in [2.24, 2.45) is 0 Å². The number of anilines is 1. The van der Waals surface area contributed by atoms with Gasteiger partial charge in [0.05, 0.1) is 12.3 Å². The third kappa shape index (κ3) is 3.53. The van der Waals surface area contributed by atoms with Gasteiger partial charge in [-0.05, 0) is 44.5 Å². The van der Waals surface area contributed by atoms with Crippen molar-refractivity contribution in [2.75, 3.05) is 32.0 Å². The first-order valence-electron chi connectivity index (χ1n) is 6.19. The lowest BCUT2D eigenvalue weighted by Crippen LogP contribution is -2.21. The van der Waals surface area contributed by atoms with E-state index in [2.05, 4.69) is 4.90 Å². The molecule has 0 spiro atoms. The maximum Gasteiger partial charge on any atom is 0.142 e. The number of phenolic OH excluding ortho intramolecular Hbond substituents is 1. The van der Waals surface area contributed by atoms with Gasteiger partial charge in [-0.2, -0.15) is 0 Å². The Kier molecular flexibility index (Phi) is 4.09. The van der Waals surface area contributed by atoms with Crippen LogP contribution in [0.15, 0.2) is 18.2 Å². The molecule has 0 amide bonds. The van der Waals surface area contributed by atoms with Crippen LogP contribution in [0.1, 0.15) is 19.3 Å². The Morgan fingerprint density at radius 3 is 2.76 bits per heavy atom. The number of nitrogens with two attached hydrogens (primary N) is 1. The standard InChI is InChI=1S/C13H20N2O2/c14-12-5-4-11(10-13(12)16)17-9-3-8-15-6-1-2-7-15/h4-5,10,16H,1-3,6-9,14H2. The molecule has 0 bridgehead atoms. The van der Waals surface area contributed by atoms with Crippen LogP contribution in [-0.2, 0) is 0 Å². The minimum Gasteiger partial charge on any atom is -0.506 e. The van der Waals surface area contributed by atoms with Crippen molar-refractivity contribution in [3.8, 4) is 11.5 Å². The Hall–Kier alpha value is -1.42. The van der Waals surface area contributed by atoms with Crippen molar-refractivity contribution in [1.82, 2.24) is 4.90 Å². The van der Waals surface area contributed by atoms with Gasteiger partial charge in [0.25, 0.3) is 0 Å². The van der Waals surface area contributed by atoms with Crippen LogP contribution in [0.4, 0.5) is 5.69 Å². The van der Waals surface area contributed by atoms with E-state index in [4.69, 9.17) is 10.5 Å². The van der Waals surface area contributed by atoms with Crippen LogP contribution in [0.2, 0.25) is 0 Å². The Morgan fingerprint density at radius 1 is 1.29 bits per heavy atom. The highest BCUT2D eigenvalue weighted by Gasteiger charge is 2.10. The molecule has 4 nitrogen and oxygen atoms in total. The topological polar surface area (TPSA) is 58.7 Å². The molecule has 0 saturated carbocycles. The summed E-state index contributed by atoms with van der Waals surface area (Å²) >= 11 is 0. The van der Waals surface area contributed by atoms with Crippen molar-refractivity contribution in [2.45, 2.75) is 19.3 Å². The smallest absolute Gasteiger partial charge is 0.142 e. The van der Waals surface area contributed by atoms with Crippen LogP contribution < -0.4 is 10.5 Å². The molecule has 0 aliphatic carbocycles. The van der Waals surface area contributed by atoms with Gasteiger partial charge < -0.3 is 20.5 Å². The SMILES string of the molecule is Nc1ccc(OCCCN2CCCC2)cc1O. The average Bonchev–Trinajstić information content (AvgIpc) is 2.82. The summed E-state index contributed by atoms with van der Waals surface area (Å²) < 4.78 is 5.56. The highest BCUT2D eigenvalue weighted by molar-refractivity contribution is 5.54. The molecule has 0 atom stereocenters. The van der Waals surface area contributed by atoms with Crippen molar-refractivity contribution in [3.05, 3.63) is 18.2 Å². The van der Waals surface area contributed by atoms with E-state index in [1.165, 1.54) is 25.9 Å². The minimum absolute atomic E-state index is 0.0852. The predicted molar refractivity (Wildman–Crippen MR) is 68.3 cm³/mol. The normalized spacial score (nSPS) is 16.2. The second-order valence-electron chi connectivity index (χ2n) is 4.47. The Balaban J connectivity index is 1.68. The van der Waals surface area contributed by atoms with Crippen LogP contribution in [0, 0.1) is 0 Å². The van der Waals surface area contributed by atoms with E-state index in [1.54, 1.807) is 18.2 Å². The lowest BCUT2D eigenvalue weighted by Gasteiger charge is -2.14. The molecular formula is C13H20N2O2. The number of hydrogen-bond donors (Lipinski definition) is 2. The molecule has 1 fully saturated rings. The van der Waals surface area contributed by atoms with Crippen molar-refractivity contribution >= 4 is 5.69 Å². The van der Waals surface area contributed by atoms with E-state index in [0.29, 0.717) is 18.0 Å². The molecule has 2 rings (SSSR count). The van der Waals surface area contributed by atoms with Crippen molar-refractivity contribution in [1.29, 1.82) is 0 Å². The molecule has 3 N–H and O–H groups in total. The summed E-state index contributed by atoms with van der Waals surface area (Å²) in [7, 11) is 0. The number of aromatic hydroxyl groups is 1. The molecule has 1 aliphatic rings. The second kappa shape index (κ2) is 5.77. The number of phenols is 1. The largest absolute Gasteiger partial charge is 0.506 e. The van der Waals surface area contributed by atoms with Gasteiger partial charge in [-0.1, -0.05) is 0 Å². The third-order valence-corrected chi connectivity index (χ3v) is 3.09. The Labute approximate surface area is 102 Å². The summed E-state index contributed by atoms with van der Waals surface area (Å²) in [4.78, 5) is 2.46. The molecule has 17 heavy (non-hydrogen) atoms. The minimum atomic E-state index is 0.0852. The molecule has 0 aromatic heterocycles. The van der Waals surface area contributed by atoms with Crippen LogP contribution in [0.5, 0.6) is 11.5 Å². The van der Waals surface area contributed by atoms with E-state index in [0.717, 1.165) is 13.0 Å². The maximum atomic E-state index is 9.42. The fourth-order valence-corrected chi connectivity index (χ4v) is 2.10. The number of benzene rings is 1. The lowest BCUT2D eigenvalue weighted by molar-refractivity contribution is 0.262. The van der Waals surface area contributed by atoms with E-state index in [9.17, 15) is 5.11 Å². The first kappa shape index (κ1) is 12.0. The Morgan fingerprint density at radius 2 is 2.06 bits per heavy atom. The third-order valence-electron chi connectivity index (χ3n) is 3.09. The predicted octanol–water partition coefficient (Wildman–Crippen LogP) is 1.84. The molecule has 4 heteroatoms. The van der Waals surface area contributed by atoms with Gasteiger partial charge in [-0.3, -0.25) is 0 Å². The van der Waals surface area contributed by atoms with Gasteiger partial charge in [-0.15, -0.1) is 0 Å². The molecule has 1 aromatic rings. The molecule has 1 aliphatic heterocycles. The summed E-state index contributed by atoms with van der Waals surface area (Å²) in [6.07, 6.45) is 3.67. The first-order valence-corrected chi connectivity index (χ1v) is 6.19. The van der Waals surface area contributed by atoms with Gasteiger partial charge >= 0.3 is 0 Å². The summed E-state index contributed by atoms with van der Waals surface area (Å²) in [5.41, 5.74) is 5.90. The fourth-order valence-electron chi connectivity index (χ4n) is 2.10. The highest BCUT2D eigenvalue weighted by Crippen LogP contribution is 2.25. The fraction of sp³-hybridized carbons (Fsp3) is 0.538. The summed E-state index contributed by atoms with van der Waals surface area (Å²) in [5, 5.41) is 9.42. The number of nitrogens with zero attached hydrogens (tertiary/aromatic N) is 1. The average molecular weight is 236 g/mol. The molecule has 1 aromatic carbocycles. The van der Waals surface area contributed by atoms with Crippen LogP contribution in [-0.4, -0.2) is 36.2 Å². The Bertz CT molecular complexity index is 362. The van der Waals surface area contributed by atoms with Gasteiger partial charge in [0.2, 0.25) is 0 Å². The maximum absolute atomic E-state index is 9.42.